The van der Waals surface area contributed by atoms with Gasteiger partial charge in [0.1, 0.15) is 0 Å². The van der Waals surface area contributed by atoms with E-state index in [2.05, 4.69) is 10.6 Å². The number of nitro benzene ring substituents is 1. The van der Waals surface area contributed by atoms with E-state index in [1.54, 1.807) is 29.2 Å². The highest BCUT2D eigenvalue weighted by atomic mass is 16.6. The molecule has 39 heavy (non-hydrogen) atoms. The molecule has 0 unspecified atom stereocenters. The highest BCUT2D eigenvalue weighted by Crippen LogP contribution is 2.17. The molecule has 1 saturated heterocycles. The molecular weight excluding hydrogens is 512 g/mol. The lowest BCUT2D eigenvalue weighted by Crippen LogP contribution is -2.37. The third-order valence-corrected chi connectivity index (χ3v) is 5.49. The van der Waals surface area contributed by atoms with Crippen molar-refractivity contribution in [2.45, 2.75) is 0 Å². The zero-order valence-electron chi connectivity index (χ0n) is 21.7. The Morgan fingerprint density at radius 1 is 0.692 bits per heavy atom. The van der Waals surface area contributed by atoms with Crippen LogP contribution in [-0.2, 0) is 23.7 Å². The van der Waals surface area contributed by atoms with Crippen molar-refractivity contribution in [3.05, 3.63) is 64.2 Å². The van der Waals surface area contributed by atoms with E-state index < -0.39 is 11.0 Å². The molecule has 0 atom stereocenters. The Hall–Kier alpha value is -3.62. The molecule has 1 aliphatic rings. The second-order valence-corrected chi connectivity index (χ2v) is 8.32. The van der Waals surface area contributed by atoms with E-state index in [-0.39, 0.29) is 11.6 Å². The average molecular weight is 547 g/mol. The summed E-state index contributed by atoms with van der Waals surface area (Å²) in [5, 5.41) is 16.1. The number of hydrogen-bond donors (Lipinski definition) is 2. The second-order valence-electron chi connectivity index (χ2n) is 8.32. The van der Waals surface area contributed by atoms with Gasteiger partial charge in [0.25, 0.3) is 11.6 Å². The van der Waals surface area contributed by atoms with E-state index in [0.717, 1.165) is 0 Å². The Balaban J connectivity index is 1.56. The molecule has 0 radical (unpaired) electrons. The number of hydrogen-bond acceptors (Lipinski definition) is 9. The van der Waals surface area contributed by atoms with Crippen LogP contribution in [0.2, 0.25) is 0 Å². The Labute approximate surface area is 226 Å². The molecule has 0 spiro atoms. The summed E-state index contributed by atoms with van der Waals surface area (Å²) in [6, 6.07) is 11.5. The zero-order valence-corrected chi connectivity index (χ0v) is 21.7. The van der Waals surface area contributed by atoms with Gasteiger partial charge in [0.05, 0.1) is 71.0 Å². The van der Waals surface area contributed by atoms with Crippen molar-refractivity contribution < 1.29 is 38.2 Å². The number of non-ortho nitro benzene ring substituents is 1. The van der Waals surface area contributed by atoms with Crippen molar-refractivity contribution in [2.24, 2.45) is 0 Å². The Morgan fingerprint density at radius 3 is 1.69 bits per heavy atom. The van der Waals surface area contributed by atoms with E-state index >= 15 is 0 Å². The lowest BCUT2D eigenvalue weighted by Gasteiger charge is -2.23. The van der Waals surface area contributed by atoms with Crippen LogP contribution >= 0.6 is 0 Å². The first-order valence-corrected chi connectivity index (χ1v) is 12.6. The molecule has 1 aliphatic heterocycles. The number of carbonyl (C=O) groups is 2. The Bertz CT molecular complexity index is 1030. The molecule has 13 heteroatoms. The largest absolute Gasteiger partial charge is 0.377 e. The zero-order chi connectivity index (χ0) is 27.7. The number of carbonyl (C=O) groups excluding carboxylic acids is 2. The third-order valence-electron chi connectivity index (χ3n) is 5.49. The topological polar surface area (TPSA) is 151 Å². The SMILES string of the molecule is O=C(Nc1ccc([N+](=O)[O-])cc1)Nc1cccc(C(=O)N2CCOCCOCCOCCOCCOCC2)c1. The number of anilines is 2. The van der Waals surface area contributed by atoms with Crippen LogP contribution in [0, 0.1) is 10.1 Å². The summed E-state index contributed by atoms with van der Waals surface area (Å²) < 4.78 is 27.6. The number of nitrogens with zero attached hydrogens (tertiary/aromatic N) is 2. The number of urea groups is 1. The van der Waals surface area contributed by atoms with Gasteiger partial charge in [-0.05, 0) is 30.3 Å². The fraction of sp³-hybridized carbons (Fsp3) is 0.462. The van der Waals surface area contributed by atoms with Crippen LogP contribution in [-0.4, -0.2) is 101 Å². The van der Waals surface area contributed by atoms with Crippen molar-refractivity contribution in [1.82, 2.24) is 4.90 Å². The van der Waals surface area contributed by atoms with Crippen LogP contribution in [0.15, 0.2) is 48.5 Å². The molecule has 0 aliphatic carbocycles. The highest BCUT2D eigenvalue weighted by molar-refractivity contribution is 6.01. The first-order chi connectivity index (χ1) is 19.0. The summed E-state index contributed by atoms with van der Waals surface area (Å²) in [5.74, 6) is -0.235. The van der Waals surface area contributed by atoms with Gasteiger partial charge in [-0.25, -0.2) is 4.79 Å². The van der Waals surface area contributed by atoms with Crippen LogP contribution in [0.1, 0.15) is 10.4 Å². The van der Waals surface area contributed by atoms with Crippen LogP contribution in [0.3, 0.4) is 0 Å². The van der Waals surface area contributed by atoms with Gasteiger partial charge in [-0.15, -0.1) is 0 Å². The summed E-state index contributed by atoms with van der Waals surface area (Å²) in [4.78, 5) is 37.6. The smallest absolute Gasteiger partial charge is 0.323 e. The molecule has 0 saturated carbocycles. The monoisotopic (exact) mass is 546 g/mol. The fourth-order valence-electron chi connectivity index (χ4n) is 3.52. The van der Waals surface area contributed by atoms with E-state index in [1.165, 1.54) is 24.3 Å². The predicted molar refractivity (Wildman–Crippen MR) is 142 cm³/mol. The van der Waals surface area contributed by atoms with Crippen LogP contribution < -0.4 is 10.6 Å². The van der Waals surface area contributed by atoms with Crippen molar-refractivity contribution >= 4 is 29.0 Å². The number of rotatable bonds is 4. The summed E-state index contributed by atoms with van der Waals surface area (Å²) in [5.41, 5.74) is 1.10. The molecule has 3 amide bonds. The molecule has 0 bridgehead atoms. The van der Waals surface area contributed by atoms with Gasteiger partial charge in [-0.3, -0.25) is 14.9 Å². The number of nitrogens with one attached hydrogen (secondary N) is 2. The van der Waals surface area contributed by atoms with Crippen molar-refractivity contribution in [3.63, 3.8) is 0 Å². The van der Waals surface area contributed by atoms with Gasteiger partial charge in [0.15, 0.2) is 0 Å². The maximum atomic E-state index is 13.3. The normalized spacial score (nSPS) is 16.9. The van der Waals surface area contributed by atoms with Crippen molar-refractivity contribution in [2.75, 3.05) is 89.8 Å². The van der Waals surface area contributed by atoms with E-state index in [4.69, 9.17) is 23.7 Å². The molecule has 212 valence electrons. The molecule has 13 nitrogen and oxygen atoms in total. The van der Waals surface area contributed by atoms with Gasteiger partial charge in [-0.1, -0.05) is 6.07 Å². The molecule has 2 aromatic rings. The first-order valence-electron chi connectivity index (χ1n) is 12.6. The molecule has 2 aromatic carbocycles. The number of benzene rings is 2. The van der Waals surface area contributed by atoms with Crippen LogP contribution in [0.5, 0.6) is 0 Å². The molecule has 1 fully saturated rings. The summed E-state index contributed by atoms with van der Waals surface area (Å²) in [6.45, 7) is 4.87. The molecule has 1 heterocycles. The van der Waals surface area contributed by atoms with Crippen molar-refractivity contribution in [3.8, 4) is 0 Å². The second kappa shape index (κ2) is 17.1. The Morgan fingerprint density at radius 2 is 1.18 bits per heavy atom. The molecule has 3 rings (SSSR count). The van der Waals surface area contributed by atoms with E-state index in [9.17, 15) is 19.7 Å². The Kier molecular flexibility index (Phi) is 13.1. The van der Waals surface area contributed by atoms with E-state index in [1.807, 2.05) is 0 Å². The lowest BCUT2D eigenvalue weighted by atomic mass is 10.1. The van der Waals surface area contributed by atoms with Gasteiger partial charge in [0.2, 0.25) is 0 Å². The van der Waals surface area contributed by atoms with Gasteiger partial charge in [0, 0.05) is 42.2 Å². The highest BCUT2D eigenvalue weighted by Gasteiger charge is 2.17. The van der Waals surface area contributed by atoms with Gasteiger partial charge < -0.3 is 39.2 Å². The first kappa shape index (κ1) is 29.9. The van der Waals surface area contributed by atoms with Crippen LogP contribution in [0.4, 0.5) is 21.9 Å². The number of nitro groups is 1. The maximum Gasteiger partial charge on any atom is 0.323 e. The maximum absolute atomic E-state index is 13.3. The quantitative estimate of drug-likeness (QED) is 0.436. The standard InChI is InChI=1S/C26H34N4O9/c31-25(29-8-10-35-12-14-37-16-18-39-19-17-38-15-13-36-11-9-29)21-2-1-3-23(20-21)28-26(32)27-22-4-6-24(7-5-22)30(33)34/h1-7,20H,8-19H2,(H2,27,28,32). The summed E-state index contributed by atoms with van der Waals surface area (Å²) in [6.07, 6.45) is 0. The number of ether oxygens (including phenoxy) is 5. The minimum absolute atomic E-state index is 0.0793. The fourth-order valence-corrected chi connectivity index (χ4v) is 3.52. The van der Waals surface area contributed by atoms with Gasteiger partial charge >= 0.3 is 6.03 Å². The van der Waals surface area contributed by atoms with Crippen molar-refractivity contribution in [1.29, 1.82) is 0 Å². The summed E-state index contributed by atoms with van der Waals surface area (Å²) in [7, 11) is 0. The lowest BCUT2D eigenvalue weighted by molar-refractivity contribution is -0.384. The third kappa shape index (κ3) is 11.3. The minimum atomic E-state index is -0.553. The molecule has 0 aromatic heterocycles. The van der Waals surface area contributed by atoms with Gasteiger partial charge in [-0.2, -0.15) is 0 Å². The van der Waals surface area contributed by atoms with Crippen LogP contribution in [0.25, 0.3) is 0 Å². The van der Waals surface area contributed by atoms with E-state index in [0.29, 0.717) is 96.1 Å². The summed E-state index contributed by atoms with van der Waals surface area (Å²) >= 11 is 0. The number of amides is 3. The predicted octanol–water partition coefficient (Wildman–Crippen LogP) is 2.78. The minimum Gasteiger partial charge on any atom is -0.377 e. The molecular formula is C26H34N4O9. The molecule has 2 N–H and O–H groups in total. The average Bonchev–Trinajstić information content (AvgIpc) is 2.93.